The highest BCUT2D eigenvalue weighted by molar-refractivity contribution is 8.14. The highest BCUT2D eigenvalue weighted by atomic mass is 32.2. The summed E-state index contributed by atoms with van der Waals surface area (Å²) in [5.74, 6) is 0. The predicted octanol–water partition coefficient (Wildman–Crippen LogP) is 1.74. The topological polar surface area (TPSA) is 56.6 Å². The van der Waals surface area contributed by atoms with Crippen molar-refractivity contribution in [2.24, 2.45) is 0 Å². The SMILES string of the molecule is CN(C)C(=N)SC1CC(O)CC(CC(F)F)O1. The van der Waals surface area contributed by atoms with Crippen molar-refractivity contribution in [3.05, 3.63) is 0 Å². The van der Waals surface area contributed by atoms with Gasteiger partial charge >= 0.3 is 0 Å². The minimum absolute atomic E-state index is 0.247. The van der Waals surface area contributed by atoms with Gasteiger partial charge in [-0.15, -0.1) is 0 Å². The maximum atomic E-state index is 12.2. The van der Waals surface area contributed by atoms with E-state index in [0.717, 1.165) is 11.8 Å². The largest absolute Gasteiger partial charge is 0.393 e. The van der Waals surface area contributed by atoms with Gasteiger partial charge < -0.3 is 14.7 Å². The first-order valence-electron chi connectivity index (χ1n) is 5.42. The first-order valence-corrected chi connectivity index (χ1v) is 6.30. The molecule has 1 rings (SSSR count). The van der Waals surface area contributed by atoms with E-state index in [0.29, 0.717) is 11.6 Å². The molecule has 0 aromatic heterocycles. The first-order chi connectivity index (χ1) is 7.88. The average molecular weight is 268 g/mol. The number of aliphatic hydroxyl groups is 1. The Bertz CT molecular complexity index is 265. The summed E-state index contributed by atoms with van der Waals surface area (Å²) in [5.41, 5.74) is -0.419. The number of nitrogens with one attached hydrogen (secondary N) is 1. The van der Waals surface area contributed by atoms with Crippen molar-refractivity contribution in [1.82, 2.24) is 4.90 Å². The van der Waals surface area contributed by atoms with Crippen molar-refractivity contribution in [3.63, 3.8) is 0 Å². The number of ether oxygens (including phenoxy) is 1. The van der Waals surface area contributed by atoms with E-state index in [9.17, 15) is 13.9 Å². The molecular formula is C10H18F2N2O2S. The molecule has 2 N–H and O–H groups in total. The van der Waals surface area contributed by atoms with Crippen LogP contribution in [0.5, 0.6) is 0 Å². The van der Waals surface area contributed by atoms with Gasteiger partial charge in [-0.1, -0.05) is 11.8 Å². The molecule has 7 heteroatoms. The van der Waals surface area contributed by atoms with Gasteiger partial charge in [0.25, 0.3) is 0 Å². The number of alkyl halides is 2. The van der Waals surface area contributed by atoms with Crippen molar-refractivity contribution >= 4 is 16.9 Å². The molecule has 0 spiro atoms. The summed E-state index contributed by atoms with van der Waals surface area (Å²) < 4.78 is 29.9. The molecule has 17 heavy (non-hydrogen) atoms. The Kier molecular flexibility index (Phi) is 5.61. The number of thioether (sulfide) groups is 1. The minimum Gasteiger partial charge on any atom is -0.393 e. The van der Waals surface area contributed by atoms with E-state index >= 15 is 0 Å². The van der Waals surface area contributed by atoms with Crippen molar-refractivity contribution < 1.29 is 18.6 Å². The van der Waals surface area contributed by atoms with Crippen LogP contribution in [-0.2, 0) is 4.74 Å². The Hall–Kier alpha value is -0.400. The summed E-state index contributed by atoms with van der Waals surface area (Å²) in [7, 11) is 3.45. The highest BCUT2D eigenvalue weighted by Crippen LogP contribution is 2.30. The summed E-state index contributed by atoms with van der Waals surface area (Å²) in [5, 5.41) is 17.5. The van der Waals surface area contributed by atoms with Gasteiger partial charge in [0.2, 0.25) is 6.43 Å². The van der Waals surface area contributed by atoms with Crippen molar-refractivity contribution in [3.8, 4) is 0 Å². The maximum Gasteiger partial charge on any atom is 0.241 e. The van der Waals surface area contributed by atoms with Crippen LogP contribution in [0.25, 0.3) is 0 Å². The van der Waals surface area contributed by atoms with Crippen LogP contribution in [0.15, 0.2) is 0 Å². The van der Waals surface area contributed by atoms with Crippen LogP contribution in [0.4, 0.5) is 8.78 Å². The minimum atomic E-state index is -2.43. The fraction of sp³-hybridized carbons (Fsp3) is 0.900. The van der Waals surface area contributed by atoms with Crippen molar-refractivity contribution in [2.45, 2.75) is 43.3 Å². The predicted molar refractivity (Wildman–Crippen MR) is 63.5 cm³/mol. The summed E-state index contributed by atoms with van der Waals surface area (Å²) in [6, 6.07) is 0. The normalized spacial score (nSPS) is 29.4. The Morgan fingerprint density at radius 1 is 1.53 bits per heavy atom. The molecule has 1 fully saturated rings. The molecule has 0 amide bonds. The second-order valence-corrected chi connectivity index (χ2v) is 5.41. The third-order valence-corrected chi connectivity index (χ3v) is 3.59. The highest BCUT2D eigenvalue weighted by Gasteiger charge is 2.31. The molecule has 1 aliphatic heterocycles. The van der Waals surface area contributed by atoms with Gasteiger partial charge in [0, 0.05) is 26.9 Å². The molecule has 4 nitrogen and oxygen atoms in total. The van der Waals surface area contributed by atoms with E-state index in [1.165, 1.54) is 0 Å². The quantitative estimate of drug-likeness (QED) is 0.604. The number of nitrogens with zero attached hydrogens (tertiary/aromatic N) is 1. The van der Waals surface area contributed by atoms with Gasteiger partial charge in [-0.3, -0.25) is 5.41 Å². The van der Waals surface area contributed by atoms with Crippen molar-refractivity contribution in [2.75, 3.05) is 14.1 Å². The molecule has 100 valence electrons. The zero-order valence-corrected chi connectivity index (χ0v) is 10.7. The van der Waals surface area contributed by atoms with Crippen LogP contribution in [0.1, 0.15) is 19.3 Å². The molecule has 3 unspecified atom stereocenters. The molecule has 0 saturated carbocycles. The van der Waals surface area contributed by atoms with Crippen LogP contribution < -0.4 is 0 Å². The second kappa shape index (κ2) is 6.51. The van der Waals surface area contributed by atoms with Gasteiger partial charge in [-0.25, -0.2) is 8.78 Å². The summed E-state index contributed by atoms with van der Waals surface area (Å²) in [4.78, 5) is 1.61. The lowest BCUT2D eigenvalue weighted by Gasteiger charge is -2.33. The Balaban J connectivity index is 2.47. The van der Waals surface area contributed by atoms with Crippen molar-refractivity contribution in [1.29, 1.82) is 5.41 Å². The molecule has 0 aliphatic carbocycles. The number of halogens is 2. The number of aliphatic hydroxyl groups excluding tert-OH is 1. The van der Waals surface area contributed by atoms with Gasteiger partial charge in [0.1, 0.15) is 5.44 Å². The summed E-state index contributed by atoms with van der Waals surface area (Å²) >= 11 is 1.15. The Morgan fingerprint density at radius 2 is 2.18 bits per heavy atom. The fourth-order valence-corrected chi connectivity index (χ4v) is 2.59. The number of amidine groups is 1. The molecule has 3 atom stereocenters. The van der Waals surface area contributed by atoms with Crippen LogP contribution in [0.3, 0.4) is 0 Å². The number of hydrogen-bond acceptors (Lipinski definition) is 4. The molecule has 0 aromatic carbocycles. The molecule has 1 saturated heterocycles. The lowest BCUT2D eigenvalue weighted by Crippen LogP contribution is -2.36. The monoisotopic (exact) mass is 268 g/mol. The maximum absolute atomic E-state index is 12.2. The van der Waals surface area contributed by atoms with Gasteiger partial charge in [-0.2, -0.15) is 0 Å². The summed E-state index contributed by atoms with van der Waals surface area (Å²) in [6.45, 7) is 0. The molecule has 0 bridgehead atoms. The van der Waals surface area contributed by atoms with E-state index in [1.54, 1.807) is 19.0 Å². The molecular weight excluding hydrogens is 250 g/mol. The molecule has 0 aromatic rings. The Labute approximate surface area is 104 Å². The van der Waals surface area contributed by atoms with Crippen LogP contribution in [0.2, 0.25) is 0 Å². The van der Waals surface area contributed by atoms with Gasteiger partial charge in [0.15, 0.2) is 5.17 Å². The fourth-order valence-electron chi connectivity index (χ4n) is 1.60. The molecule has 0 radical (unpaired) electrons. The van der Waals surface area contributed by atoms with E-state index in [4.69, 9.17) is 10.1 Å². The van der Waals surface area contributed by atoms with Gasteiger partial charge in [0.05, 0.1) is 12.2 Å². The third-order valence-electron chi connectivity index (χ3n) is 2.43. The number of rotatable bonds is 3. The van der Waals surface area contributed by atoms with E-state index in [-0.39, 0.29) is 12.8 Å². The van der Waals surface area contributed by atoms with E-state index < -0.39 is 24.1 Å². The van der Waals surface area contributed by atoms with E-state index in [2.05, 4.69) is 0 Å². The standard InChI is InChI=1S/C10H18F2N2O2S/c1-14(2)10(13)17-9-4-6(15)3-7(16-9)5-8(11)12/h6-9,13,15H,3-5H2,1-2H3. The third kappa shape index (κ3) is 5.18. The second-order valence-electron chi connectivity index (χ2n) is 4.26. The zero-order chi connectivity index (χ0) is 13.0. The first kappa shape index (κ1) is 14.7. The average Bonchev–Trinajstić information content (AvgIpc) is 2.14. The summed E-state index contributed by atoms with van der Waals surface area (Å²) in [6.07, 6.45) is -3.41. The van der Waals surface area contributed by atoms with Crippen LogP contribution in [0, 0.1) is 5.41 Å². The van der Waals surface area contributed by atoms with Gasteiger partial charge in [-0.05, 0) is 6.42 Å². The molecule has 1 aliphatic rings. The number of hydrogen-bond donors (Lipinski definition) is 2. The smallest absolute Gasteiger partial charge is 0.241 e. The van der Waals surface area contributed by atoms with Crippen LogP contribution >= 0.6 is 11.8 Å². The molecule has 1 heterocycles. The Morgan fingerprint density at radius 3 is 2.71 bits per heavy atom. The zero-order valence-electron chi connectivity index (χ0n) is 9.90. The van der Waals surface area contributed by atoms with Crippen LogP contribution in [-0.4, -0.2) is 53.3 Å². The van der Waals surface area contributed by atoms with E-state index in [1.807, 2.05) is 0 Å². The lowest BCUT2D eigenvalue weighted by atomic mass is 10.0. The lowest BCUT2D eigenvalue weighted by molar-refractivity contribution is -0.0789.